The van der Waals surface area contributed by atoms with Gasteiger partial charge >= 0.3 is 5.97 Å². The van der Waals surface area contributed by atoms with E-state index in [1.54, 1.807) is 68.4 Å². The Morgan fingerprint density at radius 3 is 2.08 bits per heavy atom. The minimum absolute atomic E-state index is 0.0186. The van der Waals surface area contributed by atoms with Gasteiger partial charge in [0.15, 0.2) is 11.6 Å². The molecule has 0 saturated heterocycles. The smallest absolute Gasteiger partial charge is 0.337 e. The maximum Gasteiger partial charge on any atom is 0.337 e. The van der Waals surface area contributed by atoms with Gasteiger partial charge in [-0.15, -0.1) is 0 Å². The molecule has 1 aliphatic carbocycles. The molecule has 0 amide bonds. The maximum absolute atomic E-state index is 13.9. The summed E-state index contributed by atoms with van der Waals surface area (Å²) in [5.74, 6) is -2.32. The van der Waals surface area contributed by atoms with Crippen LogP contribution in [0.3, 0.4) is 0 Å². The number of anilines is 2. The number of hydrogen-bond acceptors (Lipinski definition) is 11. The van der Waals surface area contributed by atoms with Crippen molar-refractivity contribution in [2.24, 2.45) is 4.99 Å². The summed E-state index contributed by atoms with van der Waals surface area (Å²) in [5, 5.41) is 32.3. The normalized spacial score (nSPS) is 11.3. The minimum atomic E-state index is -1.10. The second kappa shape index (κ2) is 18.1. The van der Waals surface area contributed by atoms with Crippen molar-refractivity contribution in [3.8, 4) is 33.8 Å². The number of carboxylic acids is 1. The molecule has 0 radical (unpaired) electrons. The summed E-state index contributed by atoms with van der Waals surface area (Å²) in [4.78, 5) is 72.0. The Kier molecular flexibility index (Phi) is 12.2. The first kappa shape index (κ1) is 42.7. The molecular formula is C47H39FN8O7. The quantitative estimate of drug-likeness (QED) is 0.0896. The topological polar surface area (TPSA) is 204 Å². The zero-order valence-electron chi connectivity index (χ0n) is 34.4. The van der Waals surface area contributed by atoms with Gasteiger partial charge in [0.1, 0.15) is 28.6 Å². The lowest BCUT2D eigenvalue weighted by Gasteiger charge is -2.17. The van der Waals surface area contributed by atoms with Crippen molar-refractivity contribution in [1.82, 2.24) is 29.3 Å². The van der Waals surface area contributed by atoms with E-state index in [9.17, 15) is 38.7 Å². The van der Waals surface area contributed by atoms with Gasteiger partial charge in [-0.3, -0.25) is 24.2 Å². The van der Waals surface area contributed by atoms with Crippen LogP contribution in [0.15, 0.2) is 136 Å². The fraction of sp³-hybridized carbons (Fsp3) is 0.128. The molecule has 1 aliphatic heterocycles. The lowest BCUT2D eigenvalue weighted by atomic mass is 10.0. The van der Waals surface area contributed by atoms with Crippen LogP contribution in [0.4, 0.5) is 21.5 Å². The third kappa shape index (κ3) is 8.50. The number of halogens is 1. The van der Waals surface area contributed by atoms with Gasteiger partial charge in [0.05, 0.1) is 33.3 Å². The SMILES string of the molecule is CCn1nc(-c2cccc(F)c2)c(C(C)=O)c(N=c2cccc3n(O)cccc2-3)c1=O.CCn1nc(-c2ccccc2)c(C(C)=O)c(Nc2ccc(C(=O)O)c3ncccc23)c1=O. The molecule has 0 atom stereocenters. The third-order valence-electron chi connectivity index (χ3n) is 10.0. The number of aromatic carboxylic acids is 1. The van der Waals surface area contributed by atoms with Crippen LogP contribution in [0.25, 0.3) is 44.7 Å². The van der Waals surface area contributed by atoms with E-state index in [-0.39, 0.29) is 51.6 Å². The molecule has 3 N–H and O–H groups in total. The number of fused-ring (bicyclic) bond motifs is 2. The van der Waals surface area contributed by atoms with E-state index in [1.165, 1.54) is 59.9 Å². The summed E-state index contributed by atoms with van der Waals surface area (Å²) in [6.45, 7) is 6.80. The highest BCUT2D eigenvalue weighted by Crippen LogP contribution is 2.32. The molecule has 0 bridgehead atoms. The van der Waals surface area contributed by atoms with Crippen molar-refractivity contribution in [1.29, 1.82) is 0 Å². The van der Waals surface area contributed by atoms with Crippen LogP contribution in [-0.2, 0) is 13.1 Å². The summed E-state index contributed by atoms with van der Waals surface area (Å²) in [6.07, 6.45) is 2.98. The first-order valence-electron chi connectivity index (χ1n) is 19.7. The van der Waals surface area contributed by atoms with Crippen LogP contribution in [0.1, 0.15) is 58.8 Å². The Morgan fingerprint density at radius 2 is 1.41 bits per heavy atom. The maximum atomic E-state index is 13.9. The average Bonchev–Trinajstić information content (AvgIpc) is 3.28. The van der Waals surface area contributed by atoms with Crippen LogP contribution in [0.5, 0.6) is 0 Å². The van der Waals surface area contributed by atoms with E-state index in [2.05, 4.69) is 25.5 Å². The number of Topliss-reactive ketones (excluding diaryl/α,β-unsaturated/α-hetero) is 2. The highest BCUT2D eigenvalue weighted by atomic mass is 19.1. The van der Waals surface area contributed by atoms with Crippen LogP contribution in [-0.4, -0.2) is 57.1 Å². The summed E-state index contributed by atoms with van der Waals surface area (Å²) in [6, 6.07) is 29.7. The molecule has 0 saturated carbocycles. The molecule has 3 aromatic carbocycles. The number of rotatable bonds is 10. The standard InChI is InChI=1S/C24H20N4O4.C23H19FN4O3/c1-3-28-23(30)22(19(14(2)29)20(27-28)15-8-5-4-6-9-15)26-18-12-11-17(24(31)32)21-16(18)10-7-13-25-21;1-3-27-23(30)22(25-18-10-5-11-19-17(18)9-6-12-28(19)31)20(14(2)29)21(26-27)15-7-4-8-16(24)13-15/h4-13,26H,3H2,1-2H3,(H,31,32);4-13,31H,3H2,1-2H3. The Hall–Kier alpha value is -8.40. The van der Waals surface area contributed by atoms with Gasteiger partial charge in [0, 0.05) is 53.2 Å². The van der Waals surface area contributed by atoms with Gasteiger partial charge in [-0.05, 0) is 88.4 Å². The van der Waals surface area contributed by atoms with E-state index in [0.717, 1.165) is 4.73 Å². The van der Waals surface area contributed by atoms with Crippen LogP contribution in [0, 0.1) is 5.82 Å². The largest absolute Gasteiger partial charge is 0.478 e. The van der Waals surface area contributed by atoms with Gasteiger partial charge in [-0.1, -0.05) is 48.5 Å². The van der Waals surface area contributed by atoms with Gasteiger partial charge in [-0.2, -0.15) is 14.9 Å². The van der Waals surface area contributed by atoms with Crippen LogP contribution >= 0.6 is 0 Å². The number of carboxylic acid groups (broad SMARTS) is 1. The van der Waals surface area contributed by atoms with Gasteiger partial charge in [0.2, 0.25) is 0 Å². The lowest BCUT2D eigenvalue weighted by Crippen LogP contribution is -2.28. The zero-order chi connectivity index (χ0) is 44.9. The molecule has 16 heteroatoms. The predicted molar refractivity (Wildman–Crippen MR) is 235 cm³/mol. The summed E-state index contributed by atoms with van der Waals surface area (Å²) in [5.41, 5.74) is 2.74. The number of carbonyl (C=O) groups excluding carboxylic acids is 2. The second-order valence-electron chi connectivity index (χ2n) is 14.1. The molecule has 0 unspecified atom stereocenters. The second-order valence-corrected chi connectivity index (χ2v) is 14.1. The molecule has 0 spiro atoms. The van der Waals surface area contributed by atoms with Crippen molar-refractivity contribution < 1.29 is 29.1 Å². The molecule has 316 valence electrons. The van der Waals surface area contributed by atoms with Gasteiger partial charge < -0.3 is 15.6 Å². The van der Waals surface area contributed by atoms with Crippen molar-refractivity contribution in [3.05, 3.63) is 170 Å². The number of pyridine rings is 2. The highest BCUT2D eigenvalue weighted by Gasteiger charge is 2.24. The molecule has 15 nitrogen and oxygen atoms in total. The first-order valence-corrected chi connectivity index (χ1v) is 19.7. The number of aromatic nitrogens is 6. The number of aryl methyl sites for hydroxylation is 2. The van der Waals surface area contributed by atoms with Crippen molar-refractivity contribution >= 4 is 45.5 Å². The molecule has 63 heavy (non-hydrogen) atoms. The van der Waals surface area contributed by atoms with E-state index in [4.69, 9.17) is 0 Å². The highest BCUT2D eigenvalue weighted by molar-refractivity contribution is 6.09. The molecule has 6 aromatic rings. The van der Waals surface area contributed by atoms with E-state index in [0.29, 0.717) is 51.1 Å². The lowest BCUT2D eigenvalue weighted by molar-refractivity contribution is 0.0698. The van der Waals surface area contributed by atoms with Crippen molar-refractivity contribution in [2.45, 2.75) is 40.8 Å². The van der Waals surface area contributed by atoms with E-state index in [1.807, 2.05) is 30.3 Å². The first-order chi connectivity index (χ1) is 30.3. The average molecular weight is 847 g/mol. The summed E-state index contributed by atoms with van der Waals surface area (Å²) in [7, 11) is 0. The van der Waals surface area contributed by atoms with Gasteiger partial charge in [-0.25, -0.2) is 23.5 Å². The van der Waals surface area contributed by atoms with Crippen LogP contribution in [0.2, 0.25) is 0 Å². The van der Waals surface area contributed by atoms with Crippen molar-refractivity contribution in [3.63, 3.8) is 0 Å². The number of nitrogens with zero attached hydrogens (tertiary/aromatic N) is 7. The molecule has 2 aliphatic rings. The Labute approximate surface area is 358 Å². The fourth-order valence-corrected chi connectivity index (χ4v) is 7.11. The number of ketones is 2. The molecular weight excluding hydrogens is 808 g/mol. The van der Waals surface area contributed by atoms with Crippen molar-refractivity contribution in [2.75, 3.05) is 5.32 Å². The van der Waals surface area contributed by atoms with E-state index < -0.39 is 28.7 Å². The molecule has 8 rings (SSSR count). The Balaban J connectivity index is 0.000000189. The third-order valence-corrected chi connectivity index (χ3v) is 10.0. The Morgan fingerprint density at radius 1 is 0.746 bits per heavy atom. The number of benzene rings is 4. The number of nitrogens with one attached hydrogen (secondary N) is 1. The summed E-state index contributed by atoms with van der Waals surface area (Å²) >= 11 is 0. The van der Waals surface area contributed by atoms with Gasteiger partial charge in [0.25, 0.3) is 11.1 Å². The monoisotopic (exact) mass is 846 g/mol. The molecule has 3 aromatic heterocycles. The fourth-order valence-electron chi connectivity index (χ4n) is 7.11. The minimum Gasteiger partial charge on any atom is -0.478 e. The predicted octanol–water partition coefficient (Wildman–Crippen LogP) is 7.77. The number of carbonyl (C=O) groups is 3. The zero-order valence-corrected chi connectivity index (χ0v) is 34.4. The molecule has 0 fully saturated rings. The number of hydrogen-bond donors (Lipinski definition) is 3. The summed E-state index contributed by atoms with van der Waals surface area (Å²) < 4.78 is 17.3. The molecule has 4 heterocycles. The van der Waals surface area contributed by atoms with E-state index >= 15 is 0 Å². The van der Waals surface area contributed by atoms with Crippen LogP contribution < -0.4 is 21.8 Å². The Bertz CT molecular complexity index is 3250.